The molecule has 1 aromatic carbocycles. The van der Waals surface area contributed by atoms with Gasteiger partial charge in [0.2, 0.25) is 5.82 Å². The van der Waals surface area contributed by atoms with Crippen LogP contribution >= 0.6 is 0 Å². The maximum absolute atomic E-state index is 14.0. The third kappa shape index (κ3) is 1.88. The van der Waals surface area contributed by atoms with Crippen molar-refractivity contribution >= 4 is 5.65 Å². The molecule has 0 saturated heterocycles. The number of halogens is 1. The van der Waals surface area contributed by atoms with Crippen molar-refractivity contribution in [3.63, 3.8) is 0 Å². The standard InChI is InChI=1S/C17H13FN4/c18-13-7-3-1-5-11(13)15-10-22-16(9-19)20-14-8-4-2-6-12(14)17(22)21-15/h1,3,5,7,10H,2,4,6,8H2. The highest BCUT2D eigenvalue weighted by Crippen LogP contribution is 2.28. The predicted molar refractivity (Wildman–Crippen MR) is 79.7 cm³/mol. The summed E-state index contributed by atoms with van der Waals surface area (Å²) in [5.74, 6) is -0.00280. The Kier molecular flexibility index (Phi) is 2.90. The number of rotatable bonds is 1. The fourth-order valence-electron chi connectivity index (χ4n) is 3.07. The van der Waals surface area contributed by atoms with Crippen molar-refractivity contribution in [3.05, 3.63) is 53.4 Å². The van der Waals surface area contributed by atoms with Crippen LogP contribution < -0.4 is 0 Å². The van der Waals surface area contributed by atoms with Crippen LogP contribution in [-0.4, -0.2) is 14.4 Å². The summed E-state index contributed by atoms with van der Waals surface area (Å²) in [6, 6.07) is 8.66. The molecule has 4 rings (SSSR count). The van der Waals surface area contributed by atoms with Crippen LogP contribution in [0.4, 0.5) is 4.39 Å². The van der Waals surface area contributed by atoms with Gasteiger partial charge in [-0.1, -0.05) is 12.1 Å². The van der Waals surface area contributed by atoms with E-state index in [0.29, 0.717) is 17.1 Å². The maximum Gasteiger partial charge on any atom is 0.218 e. The second-order valence-electron chi connectivity index (χ2n) is 5.48. The second kappa shape index (κ2) is 4.92. The molecule has 0 bridgehead atoms. The molecule has 1 aliphatic rings. The monoisotopic (exact) mass is 292 g/mol. The lowest BCUT2D eigenvalue weighted by Gasteiger charge is -2.15. The van der Waals surface area contributed by atoms with E-state index in [2.05, 4.69) is 16.0 Å². The first-order valence-electron chi connectivity index (χ1n) is 7.34. The van der Waals surface area contributed by atoms with Crippen molar-refractivity contribution < 1.29 is 4.39 Å². The van der Waals surface area contributed by atoms with E-state index in [4.69, 9.17) is 0 Å². The van der Waals surface area contributed by atoms with E-state index >= 15 is 0 Å². The molecule has 5 heteroatoms. The molecule has 3 aromatic rings. The van der Waals surface area contributed by atoms with Gasteiger partial charge in [-0.2, -0.15) is 5.26 Å². The summed E-state index contributed by atoms with van der Waals surface area (Å²) < 4.78 is 15.7. The molecule has 0 radical (unpaired) electrons. The fraction of sp³-hybridized carbons (Fsp3) is 0.235. The van der Waals surface area contributed by atoms with Crippen LogP contribution in [0, 0.1) is 17.1 Å². The first kappa shape index (κ1) is 13.0. The maximum atomic E-state index is 14.0. The molecule has 2 aromatic heterocycles. The highest BCUT2D eigenvalue weighted by molar-refractivity contribution is 5.66. The van der Waals surface area contributed by atoms with Crippen LogP contribution in [0.3, 0.4) is 0 Å². The van der Waals surface area contributed by atoms with Gasteiger partial charge in [-0.15, -0.1) is 0 Å². The zero-order valence-electron chi connectivity index (χ0n) is 11.9. The molecule has 0 unspecified atom stereocenters. The number of imidazole rings is 1. The lowest BCUT2D eigenvalue weighted by atomic mass is 9.97. The molecule has 0 atom stereocenters. The summed E-state index contributed by atoms with van der Waals surface area (Å²) in [7, 11) is 0. The number of hydrogen-bond acceptors (Lipinski definition) is 3. The molecule has 0 spiro atoms. The molecular formula is C17H13FN4. The van der Waals surface area contributed by atoms with Crippen molar-refractivity contribution in [1.82, 2.24) is 14.4 Å². The Hall–Kier alpha value is -2.74. The molecule has 4 nitrogen and oxygen atoms in total. The second-order valence-corrected chi connectivity index (χ2v) is 5.48. The predicted octanol–water partition coefficient (Wildman–Crippen LogP) is 3.29. The summed E-state index contributed by atoms with van der Waals surface area (Å²) in [5.41, 5.74) is 3.77. The van der Waals surface area contributed by atoms with Gasteiger partial charge in [-0.3, -0.25) is 4.40 Å². The first-order valence-corrected chi connectivity index (χ1v) is 7.34. The number of nitriles is 1. The minimum atomic E-state index is -0.314. The van der Waals surface area contributed by atoms with E-state index in [1.165, 1.54) is 6.07 Å². The van der Waals surface area contributed by atoms with Crippen LogP contribution in [0.2, 0.25) is 0 Å². The highest BCUT2D eigenvalue weighted by Gasteiger charge is 2.20. The van der Waals surface area contributed by atoms with Gasteiger partial charge in [0.15, 0.2) is 0 Å². The molecule has 22 heavy (non-hydrogen) atoms. The van der Waals surface area contributed by atoms with Crippen LogP contribution in [0.15, 0.2) is 30.5 Å². The number of aryl methyl sites for hydroxylation is 2. The fourth-order valence-corrected chi connectivity index (χ4v) is 3.07. The van der Waals surface area contributed by atoms with Gasteiger partial charge >= 0.3 is 0 Å². The van der Waals surface area contributed by atoms with Crippen molar-refractivity contribution in [2.24, 2.45) is 0 Å². The van der Waals surface area contributed by atoms with Gasteiger partial charge in [-0.05, 0) is 37.8 Å². The van der Waals surface area contributed by atoms with Gasteiger partial charge < -0.3 is 0 Å². The third-order valence-corrected chi connectivity index (χ3v) is 4.13. The molecule has 2 heterocycles. The van der Waals surface area contributed by atoms with E-state index < -0.39 is 0 Å². The first-order chi connectivity index (χ1) is 10.8. The molecular weight excluding hydrogens is 279 g/mol. The molecule has 0 N–H and O–H groups in total. The minimum Gasteiger partial charge on any atom is -0.274 e. The van der Waals surface area contributed by atoms with Crippen molar-refractivity contribution in [2.75, 3.05) is 0 Å². The smallest absolute Gasteiger partial charge is 0.218 e. The summed E-state index contributed by atoms with van der Waals surface area (Å²) in [5, 5.41) is 9.34. The van der Waals surface area contributed by atoms with E-state index in [1.54, 1.807) is 28.8 Å². The topological polar surface area (TPSA) is 54.0 Å². The van der Waals surface area contributed by atoms with E-state index in [1.807, 2.05) is 0 Å². The molecule has 0 amide bonds. The summed E-state index contributed by atoms with van der Waals surface area (Å²) in [6.07, 6.45) is 5.67. The van der Waals surface area contributed by atoms with Gasteiger partial charge in [0, 0.05) is 17.3 Å². The molecule has 1 aliphatic carbocycles. The van der Waals surface area contributed by atoms with Gasteiger partial charge in [0.05, 0.1) is 11.4 Å². The van der Waals surface area contributed by atoms with Crippen molar-refractivity contribution in [2.45, 2.75) is 25.7 Å². The Balaban J connectivity index is 2.01. The quantitative estimate of drug-likeness (QED) is 0.691. The van der Waals surface area contributed by atoms with Gasteiger partial charge in [0.25, 0.3) is 0 Å². The Labute approximate surface area is 126 Å². The number of fused-ring (bicyclic) bond motifs is 3. The normalized spacial score (nSPS) is 13.8. The average molecular weight is 292 g/mol. The highest BCUT2D eigenvalue weighted by atomic mass is 19.1. The van der Waals surface area contributed by atoms with Crippen LogP contribution in [-0.2, 0) is 12.8 Å². The zero-order chi connectivity index (χ0) is 15.1. The Bertz CT molecular complexity index is 920. The van der Waals surface area contributed by atoms with E-state index in [-0.39, 0.29) is 5.82 Å². The van der Waals surface area contributed by atoms with Crippen molar-refractivity contribution in [3.8, 4) is 17.3 Å². The molecule has 0 fully saturated rings. The Morgan fingerprint density at radius 3 is 2.77 bits per heavy atom. The van der Waals surface area contributed by atoms with Gasteiger partial charge in [0.1, 0.15) is 17.5 Å². The van der Waals surface area contributed by atoms with Gasteiger partial charge in [-0.25, -0.2) is 14.4 Å². The van der Waals surface area contributed by atoms with Crippen LogP contribution in [0.5, 0.6) is 0 Å². The van der Waals surface area contributed by atoms with Crippen molar-refractivity contribution in [1.29, 1.82) is 5.26 Å². The zero-order valence-corrected chi connectivity index (χ0v) is 11.9. The third-order valence-electron chi connectivity index (χ3n) is 4.13. The van der Waals surface area contributed by atoms with E-state index in [9.17, 15) is 9.65 Å². The lowest BCUT2D eigenvalue weighted by molar-refractivity contribution is 0.631. The summed E-state index contributed by atoms with van der Waals surface area (Å²) in [6.45, 7) is 0. The SMILES string of the molecule is N#Cc1nc2c(c3nc(-c4ccccc4F)cn13)CCCC2. The molecule has 0 aliphatic heterocycles. The largest absolute Gasteiger partial charge is 0.274 e. The number of aromatic nitrogens is 3. The Morgan fingerprint density at radius 2 is 1.95 bits per heavy atom. The number of benzene rings is 1. The minimum absolute atomic E-state index is 0.311. The average Bonchev–Trinajstić information content (AvgIpc) is 2.99. The van der Waals surface area contributed by atoms with Crippen LogP contribution in [0.1, 0.15) is 29.9 Å². The lowest BCUT2D eigenvalue weighted by Crippen LogP contribution is -2.11. The Morgan fingerprint density at radius 1 is 1.14 bits per heavy atom. The summed E-state index contributed by atoms with van der Waals surface area (Å²) >= 11 is 0. The molecule has 0 saturated carbocycles. The van der Waals surface area contributed by atoms with Crippen LogP contribution in [0.25, 0.3) is 16.9 Å². The summed E-state index contributed by atoms with van der Waals surface area (Å²) in [4.78, 5) is 9.05. The molecule has 108 valence electrons. The van der Waals surface area contributed by atoms with E-state index in [0.717, 1.165) is 42.6 Å². The number of nitrogens with zero attached hydrogens (tertiary/aromatic N) is 4. The number of hydrogen-bond donors (Lipinski definition) is 0.